The van der Waals surface area contributed by atoms with Crippen LogP contribution in [0.25, 0.3) is 11.0 Å². The first-order valence-corrected chi connectivity index (χ1v) is 4.96. The van der Waals surface area contributed by atoms with Crippen molar-refractivity contribution in [1.82, 2.24) is 0 Å². The molecule has 5 nitrogen and oxygen atoms in total. The van der Waals surface area contributed by atoms with Gasteiger partial charge in [-0.1, -0.05) is 12.1 Å². The number of benzene rings is 1. The van der Waals surface area contributed by atoms with Gasteiger partial charge in [-0.15, -0.1) is 0 Å². The quantitative estimate of drug-likeness (QED) is 0.818. The largest absolute Gasteiger partial charge is 0.493 e. The van der Waals surface area contributed by atoms with Crippen LogP contribution in [0, 0.1) is 0 Å². The molecule has 0 aliphatic heterocycles. The summed E-state index contributed by atoms with van der Waals surface area (Å²) in [5.74, 6) is -0.714. The molecule has 2 N–H and O–H groups in total. The van der Waals surface area contributed by atoms with Crippen molar-refractivity contribution in [2.45, 2.75) is 6.92 Å². The van der Waals surface area contributed by atoms with Crippen LogP contribution in [-0.2, 0) is 0 Å². The van der Waals surface area contributed by atoms with Crippen LogP contribution in [-0.4, -0.2) is 18.8 Å². The Morgan fingerprint density at radius 2 is 2.06 bits per heavy atom. The van der Waals surface area contributed by atoms with Gasteiger partial charge in [0.05, 0.1) is 12.7 Å². The molecule has 0 bridgehead atoms. The minimum absolute atomic E-state index is 0.128. The first kappa shape index (κ1) is 11.2. The predicted octanol–water partition coefficient (Wildman–Crippen LogP) is 1.74. The topological polar surface area (TPSA) is 82.5 Å². The zero-order chi connectivity index (χ0) is 12.6. The van der Waals surface area contributed by atoms with Crippen LogP contribution in [0.5, 0.6) is 5.75 Å². The van der Waals surface area contributed by atoms with E-state index < -0.39 is 5.91 Å². The number of para-hydroxylation sites is 1. The van der Waals surface area contributed by atoms with E-state index in [1.165, 1.54) is 14.0 Å². The lowest BCUT2D eigenvalue weighted by molar-refractivity contribution is 0.0953. The Bertz CT molecular complexity index is 612. The summed E-state index contributed by atoms with van der Waals surface area (Å²) < 4.78 is 10.4. The van der Waals surface area contributed by atoms with Crippen molar-refractivity contribution >= 4 is 22.7 Å². The number of ketones is 1. The van der Waals surface area contributed by atoms with E-state index in [4.69, 9.17) is 14.9 Å². The molecule has 88 valence electrons. The number of Topliss-reactive ketones (excluding diaryl/α,β-unsaturated/α-hetero) is 1. The van der Waals surface area contributed by atoms with Crippen molar-refractivity contribution in [2.24, 2.45) is 5.73 Å². The van der Waals surface area contributed by atoms with Crippen LogP contribution in [0.4, 0.5) is 0 Å². The molecule has 2 rings (SSSR count). The summed E-state index contributed by atoms with van der Waals surface area (Å²) in [5.41, 5.74) is 5.74. The fourth-order valence-corrected chi connectivity index (χ4v) is 1.78. The number of carbonyl (C=O) groups excluding carboxylic acids is 2. The third-order valence-electron chi connectivity index (χ3n) is 2.48. The maximum Gasteiger partial charge on any atom is 0.285 e. The Balaban J connectivity index is 2.88. The smallest absolute Gasteiger partial charge is 0.285 e. The number of hydrogen-bond acceptors (Lipinski definition) is 4. The van der Waals surface area contributed by atoms with E-state index in [1.807, 2.05) is 0 Å². The predicted molar refractivity (Wildman–Crippen MR) is 61.3 cm³/mol. The molecule has 0 saturated carbocycles. The van der Waals surface area contributed by atoms with Crippen molar-refractivity contribution in [1.29, 1.82) is 0 Å². The lowest BCUT2D eigenvalue weighted by Gasteiger charge is -1.98. The molecule has 1 amide bonds. The zero-order valence-corrected chi connectivity index (χ0v) is 9.44. The van der Waals surface area contributed by atoms with E-state index in [0.717, 1.165) is 0 Å². The van der Waals surface area contributed by atoms with Gasteiger partial charge in [-0.25, -0.2) is 0 Å². The molecule has 0 unspecified atom stereocenters. The van der Waals surface area contributed by atoms with Crippen molar-refractivity contribution in [3.8, 4) is 5.75 Å². The first-order valence-electron chi connectivity index (χ1n) is 4.96. The fourth-order valence-electron chi connectivity index (χ4n) is 1.78. The van der Waals surface area contributed by atoms with E-state index in [9.17, 15) is 9.59 Å². The lowest BCUT2D eigenvalue weighted by Crippen LogP contribution is -2.13. The van der Waals surface area contributed by atoms with Gasteiger partial charge in [-0.2, -0.15) is 0 Å². The number of amides is 1. The SMILES string of the molecule is COc1cccc2c(C(C)=O)c(C(N)=O)oc12. The normalized spacial score (nSPS) is 10.5. The average molecular weight is 233 g/mol. The summed E-state index contributed by atoms with van der Waals surface area (Å²) in [5, 5.41) is 0.533. The maximum absolute atomic E-state index is 11.5. The van der Waals surface area contributed by atoms with Crippen molar-refractivity contribution in [3.63, 3.8) is 0 Å². The van der Waals surface area contributed by atoms with Crippen LogP contribution in [0.2, 0.25) is 0 Å². The van der Waals surface area contributed by atoms with E-state index >= 15 is 0 Å². The van der Waals surface area contributed by atoms with Gasteiger partial charge >= 0.3 is 0 Å². The number of carbonyl (C=O) groups is 2. The summed E-state index contributed by atoms with van der Waals surface area (Å²) in [6.45, 7) is 1.36. The van der Waals surface area contributed by atoms with Crippen LogP contribution in [0.3, 0.4) is 0 Å². The highest BCUT2D eigenvalue weighted by Gasteiger charge is 2.23. The van der Waals surface area contributed by atoms with Crippen LogP contribution >= 0.6 is 0 Å². The molecule has 17 heavy (non-hydrogen) atoms. The summed E-state index contributed by atoms with van der Waals surface area (Å²) >= 11 is 0. The average Bonchev–Trinajstić information content (AvgIpc) is 2.67. The number of furan rings is 1. The standard InChI is InChI=1S/C12H11NO4/c1-6(14)9-7-4-3-5-8(16-2)10(7)17-11(9)12(13)15/h3-5H,1-2H3,(H2,13,15). The van der Waals surface area contributed by atoms with Crippen molar-refractivity contribution in [3.05, 3.63) is 29.5 Å². The zero-order valence-electron chi connectivity index (χ0n) is 9.44. The maximum atomic E-state index is 11.5. The fraction of sp³-hybridized carbons (Fsp3) is 0.167. The highest BCUT2D eigenvalue weighted by Crippen LogP contribution is 2.32. The van der Waals surface area contributed by atoms with Gasteiger partial charge < -0.3 is 14.9 Å². The molecule has 1 heterocycles. The second-order valence-corrected chi connectivity index (χ2v) is 3.56. The van der Waals surface area contributed by atoms with Gasteiger partial charge in [-0.3, -0.25) is 9.59 Å². The number of primary amides is 1. The highest BCUT2D eigenvalue weighted by atomic mass is 16.5. The molecule has 2 aromatic rings. The number of hydrogen-bond donors (Lipinski definition) is 1. The van der Waals surface area contributed by atoms with E-state index in [2.05, 4.69) is 0 Å². The molecule has 0 aliphatic carbocycles. The molecule has 0 atom stereocenters. The minimum atomic E-state index is -0.770. The monoisotopic (exact) mass is 233 g/mol. The van der Waals surface area contributed by atoms with Gasteiger partial charge in [-0.05, 0) is 13.0 Å². The van der Waals surface area contributed by atoms with Gasteiger partial charge in [0.25, 0.3) is 5.91 Å². The molecule has 1 aromatic heterocycles. The Morgan fingerprint density at radius 3 is 2.59 bits per heavy atom. The Hall–Kier alpha value is -2.30. The second kappa shape index (κ2) is 3.93. The number of ether oxygens (including phenoxy) is 1. The third kappa shape index (κ3) is 1.65. The summed E-state index contributed by atoms with van der Waals surface area (Å²) in [7, 11) is 1.48. The summed E-state index contributed by atoms with van der Waals surface area (Å²) in [6, 6.07) is 5.08. The van der Waals surface area contributed by atoms with E-state index in [-0.39, 0.29) is 17.1 Å². The molecule has 0 saturated heterocycles. The molecular formula is C12H11NO4. The van der Waals surface area contributed by atoms with E-state index in [0.29, 0.717) is 16.7 Å². The lowest BCUT2D eigenvalue weighted by atomic mass is 10.1. The van der Waals surface area contributed by atoms with Gasteiger partial charge in [0.1, 0.15) is 0 Å². The molecule has 0 aliphatic rings. The Morgan fingerprint density at radius 1 is 1.35 bits per heavy atom. The molecule has 1 aromatic carbocycles. The van der Waals surface area contributed by atoms with Gasteiger partial charge in [0.15, 0.2) is 17.1 Å². The molecule has 0 spiro atoms. The third-order valence-corrected chi connectivity index (χ3v) is 2.48. The van der Waals surface area contributed by atoms with Gasteiger partial charge in [0.2, 0.25) is 5.76 Å². The van der Waals surface area contributed by atoms with Gasteiger partial charge in [0, 0.05) is 5.39 Å². The summed E-state index contributed by atoms with van der Waals surface area (Å²) in [6.07, 6.45) is 0. The van der Waals surface area contributed by atoms with Crippen LogP contribution < -0.4 is 10.5 Å². The Labute approximate surface area is 97.1 Å². The molecule has 0 radical (unpaired) electrons. The molecule has 5 heteroatoms. The van der Waals surface area contributed by atoms with Crippen molar-refractivity contribution < 1.29 is 18.7 Å². The van der Waals surface area contributed by atoms with E-state index in [1.54, 1.807) is 18.2 Å². The highest BCUT2D eigenvalue weighted by molar-refractivity contribution is 6.14. The number of fused-ring (bicyclic) bond motifs is 1. The van der Waals surface area contributed by atoms with Crippen molar-refractivity contribution in [2.75, 3.05) is 7.11 Å². The molecular weight excluding hydrogens is 222 g/mol. The number of nitrogens with two attached hydrogens (primary N) is 1. The number of methoxy groups -OCH3 is 1. The van der Waals surface area contributed by atoms with Crippen LogP contribution in [0.1, 0.15) is 27.8 Å². The van der Waals surface area contributed by atoms with Crippen LogP contribution in [0.15, 0.2) is 22.6 Å². The Kier molecular flexibility index (Phi) is 2.59. The number of rotatable bonds is 3. The second-order valence-electron chi connectivity index (χ2n) is 3.56. The summed E-state index contributed by atoms with van der Waals surface area (Å²) in [4.78, 5) is 22.8. The first-order chi connectivity index (χ1) is 8.06. The minimum Gasteiger partial charge on any atom is -0.493 e. The molecule has 0 fully saturated rings.